The van der Waals surface area contributed by atoms with Crippen molar-refractivity contribution < 1.29 is 17.9 Å². The minimum absolute atomic E-state index is 0. The molecule has 0 unspecified atom stereocenters. The average Bonchev–Trinajstić information content (AvgIpc) is 2.64. The van der Waals surface area contributed by atoms with Crippen LogP contribution < -0.4 is 10.6 Å². The first-order chi connectivity index (χ1) is 13.0. The van der Waals surface area contributed by atoms with Crippen molar-refractivity contribution in [3.63, 3.8) is 0 Å². The van der Waals surface area contributed by atoms with E-state index in [1.165, 1.54) is 0 Å². The van der Waals surface area contributed by atoms with Gasteiger partial charge in [0.25, 0.3) is 0 Å². The second-order valence-electron chi connectivity index (χ2n) is 5.96. The molecule has 0 amide bonds. The first kappa shape index (κ1) is 24.2. The standard InChI is InChI=1S/C20H24F3N3O.HI/c1-2-24-19(25-12-16-7-4-3-5-8-16)26-13-17-9-6-10-18(11-17)14-27-15-20(21,22)23;/h3-11H,2,12-15H2,1H3,(H2,24,25,26);1H. The molecule has 2 aromatic rings. The normalized spacial score (nSPS) is 11.6. The highest BCUT2D eigenvalue weighted by Gasteiger charge is 2.27. The van der Waals surface area contributed by atoms with Crippen LogP contribution in [0.1, 0.15) is 23.6 Å². The van der Waals surface area contributed by atoms with Gasteiger partial charge in [-0.3, -0.25) is 0 Å². The molecule has 0 aliphatic rings. The van der Waals surface area contributed by atoms with Crippen LogP contribution in [-0.4, -0.2) is 25.3 Å². The van der Waals surface area contributed by atoms with E-state index in [1.807, 2.05) is 43.3 Å². The molecule has 0 radical (unpaired) electrons. The summed E-state index contributed by atoms with van der Waals surface area (Å²) in [6.07, 6.45) is -4.31. The molecule has 0 saturated carbocycles. The molecule has 0 fully saturated rings. The quantitative estimate of drug-likeness (QED) is 0.311. The fourth-order valence-electron chi connectivity index (χ4n) is 2.40. The average molecular weight is 507 g/mol. The molecule has 0 aliphatic carbocycles. The monoisotopic (exact) mass is 507 g/mol. The molecule has 0 bridgehead atoms. The molecule has 0 atom stereocenters. The summed E-state index contributed by atoms with van der Waals surface area (Å²) in [5, 5.41) is 6.44. The number of ether oxygens (including phenoxy) is 1. The van der Waals surface area contributed by atoms with Gasteiger partial charge >= 0.3 is 6.18 Å². The number of halogens is 4. The van der Waals surface area contributed by atoms with E-state index >= 15 is 0 Å². The Morgan fingerprint density at radius 2 is 1.64 bits per heavy atom. The third-order valence-corrected chi connectivity index (χ3v) is 3.59. The lowest BCUT2D eigenvalue weighted by molar-refractivity contribution is -0.176. The minimum Gasteiger partial charge on any atom is -0.367 e. The van der Waals surface area contributed by atoms with E-state index in [0.717, 1.165) is 17.7 Å². The summed E-state index contributed by atoms with van der Waals surface area (Å²) in [5.74, 6) is 0.681. The molecule has 2 N–H and O–H groups in total. The first-order valence-corrected chi connectivity index (χ1v) is 8.74. The lowest BCUT2D eigenvalue weighted by Gasteiger charge is -2.12. The lowest BCUT2D eigenvalue weighted by Crippen LogP contribution is -2.36. The Hall–Kier alpha value is -1.81. The molecule has 0 spiro atoms. The summed E-state index contributed by atoms with van der Waals surface area (Å²) in [6.45, 7) is 2.45. The van der Waals surface area contributed by atoms with Crippen LogP contribution in [0.3, 0.4) is 0 Å². The lowest BCUT2D eigenvalue weighted by atomic mass is 10.1. The van der Waals surface area contributed by atoms with Gasteiger partial charge in [-0.25, -0.2) is 4.99 Å². The molecular weight excluding hydrogens is 482 g/mol. The van der Waals surface area contributed by atoms with Crippen molar-refractivity contribution >= 4 is 29.9 Å². The number of guanidine groups is 1. The zero-order valence-corrected chi connectivity index (χ0v) is 18.0. The van der Waals surface area contributed by atoms with Gasteiger partial charge in [-0.1, -0.05) is 54.6 Å². The molecule has 2 rings (SSSR count). The Kier molecular flexibility index (Phi) is 10.9. The van der Waals surface area contributed by atoms with Gasteiger partial charge in [-0.15, -0.1) is 24.0 Å². The third kappa shape index (κ3) is 9.93. The van der Waals surface area contributed by atoms with Crippen LogP contribution in [0.2, 0.25) is 0 Å². The topological polar surface area (TPSA) is 45.7 Å². The van der Waals surface area contributed by atoms with Gasteiger partial charge in [0.1, 0.15) is 6.61 Å². The molecule has 0 saturated heterocycles. The maximum Gasteiger partial charge on any atom is 0.411 e. The van der Waals surface area contributed by atoms with Crippen molar-refractivity contribution in [2.24, 2.45) is 4.99 Å². The molecule has 2 aromatic carbocycles. The van der Waals surface area contributed by atoms with Crippen LogP contribution in [0, 0.1) is 0 Å². The van der Waals surface area contributed by atoms with E-state index in [-0.39, 0.29) is 30.6 Å². The zero-order chi connectivity index (χ0) is 19.5. The van der Waals surface area contributed by atoms with E-state index in [1.54, 1.807) is 18.2 Å². The molecular formula is C20H25F3IN3O. The van der Waals surface area contributed by atoms with Crippen LogP contribution in [0.25, 0.3) is 0 Å². The number of rotatable bonds is 8. The van der Waals surface area contributed by atoms with Crippen molar-refractivity contribution in [1.82, 2.24) is 10.6 Å². The van der Waals surface area contributed by atoms with Gasteiger partial charge in [-0.05, 0) is 23.6 Å². The van der Waals surface area contributed by atoms with E-state index < -0.39 is 12.8 Å². The number of hydrogen-bond donors (Lipinski definition) is 2. The molecule has 154 valence electrons. The fourth-order valence-corrected chi connectivity index (χ4v) is 2.40. The minimum atomic E-state index is -4.31. The Balaban J connectivity index is 0.00000392. The molecule has 4 nitrogen and oxygen atoms in total. The van der Waals surface area contributed by atoms with Crippen LogP contribution in [0.4, 0.5) is 13.2 Å². The van der Waals surface area contributed by atoms with Crippen LogP contribution in [0.5, 0.6) is 0 Å². The molecule has 8 heteroatoms. The highest BCUT2D eigenvalue weighted by Crippen LogP contribution is 2.16. The van der Waals surface area contributed by atoms with E-state index in [4.69, 9.17) is 4.74 Å². The number of hydrogen-bond acceptors (Lipinski definition) is 2. The van der Waals surface area contributed by atoms with Crippen LogP contribution >= 0.6 is 24.0 Å². The number of aliphatic imine (C=N–C) groups is 1. The van der Waals surface area contributed by atoms with E-state index in [2.05, 4.69) is 15.6 Å². The summed E-state index contributed by atoms with van der Waals surface area (Å²) in [6, 6.07) is 17.2. The van der Waals surface area contributed by atoms with Crippen molar-refractivity contribution in [3.8, 4) is 0 Å². The van der Waals surface area contributed by atoms with Gasteiger partial charge in [0.2, 0.25) is 0 Å². The Morgan fingerprint density at radius 3 is 2.32 bits per heavy atom. The highest BCUT2D eigenvalue weighted by molar-refractivity contribution is 14.0. The molecule has 28 heavy (non-hydrogen) atoms. The summed E-state index contributed by atoms with van der Waals surface area (Å²) < 4.78 is 41.2. The number of nitrogens with zero attached hydrogens (tertiary/aromatic N) is 1. The van der Waals surface area contributed by atoms with Crippen molar-refractivity contribution in [2.45, 2.75) is 32.8 Å². The second-order valence-corrected chi connectivity index (χ2v) is 5.96. The maximum absolute atomic E-state index is 12.2. The van der Waals surface area contributed by atoms with Gasteiger partial charge in [0.05, 0.1) is 13.2 Å². The Labute approximate surface area is 180 Å². The summed E-state index contributed by atoms with van der Waals surface area (Å²) in [4.78, 5) is 4.53. The SMILES string of the molecule is CCNC(=NCc1cccc(COCC(F)(F)F)c1)NCc1ccccc1.I. The van der Waals surface area contributed by atoms with Gasteiger partial charge in [-0.2, -0.15) is 13.2 Å². The molecule has 0 aliphatic heterocycles. The van der Waals surface area contributed by atoms with Gasteiger partial charge < -0.3 is 15.4 Å². The van der Waals surface area contributed by atoms with Crippen LogP contribution in [0.15, 0.2) is 59.6 Å². The van der Waals surface area contributed by atoms with Crippen molar-refractivity contribution in [3.05, 3.63) is 71.3 Å². The smallest absolute Gasteiger partial charge is 0.367 e. The predicted molar refractivity (Wildman–Crippen MR) is 116 cm³/mol. The molecule has 0 heterocycles. The largest absolute Gasteiger partial charge is 0.411 e. The number of nitrogens with one attached hydrogen (secondary N) is 2. The maximum atomic E-state index is 12.2. The fraction of sp³-hybridized carbons (Fsp3) is 0.350. The van der Waals surface area contributed by atoms with E-state index in [9.17, 15) is 13.2 Å². The summed E-state index contributed by atoms with van der Waals surface area (Å²) >= 11 is 0. The third-order valence-electron chi connectivity index (χ3n) is 3.59. The van der Waals surface area contributed by atoms with Crippen molar-refractivity contribution in [1.29, 1.82) is 0 Å². The van der Waals surface area contributed by atoms with Gasteiger partial charge in [0.15, 0.2) is 5.96 Å². The predicted octanol–water partition coefficient (Wildman–Crippen LogP) is 4.64. The van der Waals surface area contributed by atoms with E-state index in [0.29, 0.717) is 24.6 Å². The Bertz CT molecular complexity index is 724. The first-order valence-electron chi connectivity index (χ1n) is 8.74. The van der Waals surface area contributed by atoms with Crippen LogP contribution in [-0.2, 0) is 24.4 Å². The summed E-state index contributed by atoms with van der Waals surface area (Å²) in [5.41, 5.74) is 2.74. The van der Waals surface area contributed by atoms with Gasteiger partial charge in [0, 0.05) is 13.1 Å². The second kappa shape index (κ2) is 12.6. The highest BCUT2D eigenvalue weighted by atomic mass is 127. The molecule has 0 aromatic heterocycles. The van der Waals surface area contributed by atoms with Crippen molar-refractivity contribution in [2.75, 3.05) is 13.2 Å². The number of benzene rings is 2. The Morgan fingerprint density at radius 1 is 0.964 bits per heavy atom. The summed E-state index contributed by atoms with van der Waals surface area (Å²) in [7, 11) is 0. The zero-order valence-electron chi connectivity index (χ0n) is 15.6. The number of alkyl halides is 3.